The molecule has 0 aliphatic carbocycles. The van der Waals surface area contributed by atoms with Crippen molar-refractivity contribution in [2.75, 3.05) is 24.7 Å². The SMILES string of the molecule is CCN(CC)CN1C(=O)C(=O)c2cc(F)ccc21. The molecule has 18 heavy (non-hydrogen) atoms. The number of anilines is 1. The number of hydrogen-bond donors (Lipinski definition) is 0. The number of carbonyl (C=O) groups is 2. The maximum absolute atomic E-state index is 13.1. The highest BCUT2D eigenvalue weighted by Gasteiger charge is 2.36. The average molecular weight is 250 g/mol. The van der Waals surface area contributed by atoms with Gasteiger partial charge in [-0.05, 0) is 31.3 Å². The molecule has 1 aromatic rings. The normalized spacial score (nSPS) is 14.6. The molecule has 0 radical (unpaired) electrons. The van der Waals surface area contributed by atoms with Gasteiger partial charge in [0.25, 0.3) is 5.78 Å². The third-order valence-corrected chi connectivity index (χ3v) is 3.17. The number of hydrogen-bond acceptors (Lipinski definition) is 3. The Morgan fingerprint density at radius 2 is 1.89 bits per heavy atom. The van der Waals surface area contributed by atoms with E-state index in [9.17, 15) is 14.0 Å². The highest BCUT2D eigenvalue weighted by Crippen LogP contribution is 2.29. The van der Waals surface area contributed by atoms with Crippen molar-refractivity contribution in [3.63, 3.8) is 0 Å². The summed E-state index contributed by atoms with van der Waals surface area (Å²) in [6, 6.07) is 3.87. The van der Waals surface area contributed by atoms with Crippen molar-refractivity contribution in [3.05, 3.63) is 29.6 Å². The van der Waals surface area contributed by atoms with Gasteiger partial charge in [0.05, 0.1) is 17.9 Å². The molecule has 0 bridgehead atoms. The van der Waals surface area contributed by atoms with E-state index in [0.29, 0.717) is 12.4 Å². The van der Waals surface area contributed by atoms with Gasteiger partial charge in [-0.2, -0.15) is 0 Å². The van der Waals surface area contributed by atoms with Gasteiger partial charge in [0, 0.05) is 0 Å². The first-order valence-electron chi connectivity index (χ1n) is 5.96. The minimum absolute atomic E-state index is 0.159. The Morgan fingerprint density at radius 3 is 2.50 bits per heavy atom. The first-order chi connectivity index (χ1) is 8.58. The molecule has 1 aliphatic rings. The van der Waals surface area contributed by atoms with Crippen molar-refractivity contribution >= 4 is 17.4 Å². The molecule has 0 saturated heterocycles. The number of ketones is 1. The smallest absolute Gasteiger partial charge is 0.291 e. The lowest BCUT2D eigenvalue weighted by molar-refractivity contribution is -0.114. The van der Waals surface area contributed by atoms with E-state index in [0.717, 1.165) is 19.2 Å². The van der Waals surface area contributed by atoms with E-state index in [1.165, 1.54) is 17.0 Å². The summed E-state index contributed by atoms with van der Waals surface area (Å²) in [5.41, 5.74) is 0.658. The number of amides is 1. The molecule has 0 unspecified atom stereocenters. The van der Waals surface area contributed by atoms with Gasteiger partial charge >= 0.3 is 5.91 Å². The third kappa shape index (κ3) is 2.01. The first kappa shape index (κ1) is 12.7. The zero-order valence-corrected chi connectivity index (χ0v) is 10.4. The Morgan fingerprint density at radius 1 is 1.22 bits per heavy atom. The molecular weight excluding hydrogens is 235 g/mol. The maximum Gasteiger partial charge on any atom is 0.300 e. The van der Waals surface area contributed by atoms with Gasteiger partial charge in [0.2, 0.25) is 0 Å². The quantitative estimate of drug-likeness (QED) is 0.763. The van der Waals surface area contributed by atoms with E-state index in [1.54, 1.807) is 0 Å². The predicted octanol–water partition coefficient (Wildman–Crippen LogP) is 1.65. The molecule has 0 saturated carbocycles. The number of nitrogens with zero attached hydrogens (tertiary/aromatic N) is 2. The topological polar surface area (TPSA) is 40.6 Å². The summed E-state index contributed by atoms with van der Waals surface area (Å²) in [5, 5.41) is 0. The summed E-state index contributed by atoms with van der Waals surface area (Å²) in [6.07, 6.45) is 0. The summed E-state index contributed by atoms with van der Waals surface area (Å²) in [5.74, 6) is -1.71. The second-order valence-electron chi connectivity index (χ2n) is 4.17. The van der Waals surface area contributed by atoms with Crippen molar-refractivity contribution in [2.45, 2.75) is 13.8 Å². The van der Waals surface area contributed by atoms with E-state index >= 15 is 0 Å². The van der Waals surface area contributed by atoms with Crippen LogP contribution in [0.1, 0.15) is 24.2 Å². The molecule has 1 heterocycles. The number of halogens is 1. The number of fused-ring (bicyclic) bond motifs is 1. The zero-order valence-electron chi connectivity index (χ0n) is 10.4. The monoisotopic (exact) mass is 250 g/mol. The second kappa shape index (κ2) is 4.86. The highest BCUT2D eigenvalue weighted by molar-refractivity contribution is 6.52. The van der Waals surface area contributed by atoms with Crippen LogP contribution in [0.25, 0.3) is 0 Å². The van der Waals surface area contributed by atoms with E-state index in [-0.39, 0.29) is 5.56 Å². The van der Waals surface area contributed by atoms with Crippen molar-refractivity contribution in [2.24, 2.45) is 0 Å². The Hall–Kier alpha value is -1.75. The van der Waals surface area contributed by atoms with Crippen LogP contribution in [0.2, 0.25) is 0 Å². The van der Waals surface area contributed by atoms with E-state index in [2.05, 4.69) is 0 Å². The minimum Gasteiger partial charge on any atom is -0.291 e. The van der Waals surface area contributed by atoms with Gasteiger partial charge in [-0.15, -0.1) is 0 Å². The van der Waals surface area contributed by atoms with Gasteiger partial charge < -0.3 is 0 Å². The van der Waals surface area contributed by atoms with Crippen molar-refractivity contribution in [1.29, 1.82) is 0 Å². The number of rotatable bonds is 4. The van der Waals surface area contributed by atoms with Crippen molar-refractivity contribution < 1.29 is 14.0 Å². The number of carbonyl (C=O) groups excluding carboxylic acids is 2. The lowest BCUT2D eigenvalue weighted by atomic mass is 10.1. The molecular formula is C13H15FN2O2. The second-order valence-corrected chi connectivity index (χ2v) is 4.17. The Kier molecular flexibility index (Phi) is 3.43. The third-order valence-electron chi connectivity index (χ3n) is 3.17. The predicted molar refractivity (Wildman–Crippen MR) is 66.0 cm³/mol. The fourth-order valence-electron chi connectivity index (χ4n) is 2.04. The molecule has 0 spiro atoms. The Labute approximate surface area is 105 Å². The van der Waals surface area contributed by atoms with Crippen LogP contribution in [0.15, 0.2) is 18.2 Å². The highest BCUT2D eigenvalue weighted by atomic mass is 19.1. The van der Waals surface area contributed by atoms with Crippen molar-refractivity contribution in [1.82, 2.24) is 4.90 Å². The summed E-state index contributed by atoms with van der Waals surface area (Å²) >= 11 is 0. The molecule has 96 valence electrons. The van der Waals surface area contributed by atoms with Gasteiger partial charge in [-0.3, -0.25) is 19.4 Å². The van der Waals surface area contributed by atoms with Gasteiger partial charge in [0.1, 0.15) is 5.82 Å². The minimum atomic E-state index is -0.628. The van der Waals surface area contributed by atoms with Crippen LogP contribution in [-0.4, -0.2) is 36.3 Å². The van der Waals surface area contributed by atoms with Gasteiger partial charge in [-0.1, -0.05) is 13.8 Å². The van der Waals surface area contributed by atoms with E-state index in [4.69, 9.17) is 0 Å². The number of benzene rings is 1. The fourth-order valence-corrected chi connectivity index (χ4v) is 2.04. The molecule has 0 N–H and O–H groups in total. The van der Waals surface area contributed by atoms with Crippen LogP contribution in [-0.2, 0) is 4.79 Å². The lowest BCUT2D eigenvalue weighted by Crippen LogP contribution is -2.40. The largest absolute Gasteiger partial charge is 0.300 e. The molecule has 4 nitrogen and oxygen atoms in total. The molecule has 5 heteroatoms. The molecule has 0 atom stereocenters. The van der Waals surface area contributed by atoms with Crippen molar-refractivity contribution in [3.8, 4) is 0 Å². The molecule has 1 amide bonds. The molecule has 1 aromatic carbocycles. The standard InChI is InChI=1S/C13H15FN2O2/c1-3-15(4-2)8-16-11-6-5-9(14)7-10(11)12(17)13(16)18/h5-7H,3-4,8H2,1-2H3. The molecule has 2 rings (SSSR count). The average Bonchev–Trinajstić information content (AvgIpc) is 2.60. The summed E-state index contributed by atoms with van der Waals surface area (Å²) in [7, 11) is 0. The van der Waals surface area contributed by atoms with Gasteiger partial charge in [0.15, 0.2) is 0 Å². The first-order valence-corrected chi connectivity index (χ1v) is 5.96. The summed E-state index contributed by atoms with van der Waals surface area (Å²) < 4.78 is 13.1. The molecule has 0 fully saturated rings. The maximum atomic E-state index is 13.1. The Balaban J connectivity index is 2.34. The van der Waals surface area contributed by atoms with Crippen LogP contribution < -0.4 is 4.90 Å². The van der Waals surface area contributed by atoms with Crippen LogP contribution in [0.3, 0.4) is 0 Å². The molecule has 1 aliphatic heterocycles. The number of Topliss-reactive ketones (excluding diaryl/α,β-unsaturated/α-hetero) is 1. The van der Waals surface area contributed by atoms with Crippen LogP contribution in [0, 0.1) is 5.82 Å². The van der Waals surface area contributed by atoms with Crippen LogP contribution in [0.4, 0.5) is 10.1 Å². The van der Waals surface area contributed by atoms with E-state index < -0.39 is 17.5 Å². The van der Waals surface area contributed by atoms with Crippen LogP contribution in [0.5, 0.6) is 0 Å². The lowest BCUT2D eigenvalue weighted by Gasteiger charge is -2.25. The van der Waals surface area contributed by atoms with E-state index in [1.807, 2.05) is 18.7 Å². The summed E-state index contributed by atoms with van der Waals surface area (Å²) in [6.45, 7) is 5.89. The zero-order chi connectivity index (χ0) is 13.3. The Bertz CT molecular complexity index is 498. The van der Waals surface area contributed by atoms with Gasteiger partial charge in [-0.25, -0.2) is 4.39 Å². The summed E-state index contributed by atoms with van der Waals surface area (Å²) in [4.78, 5) is 27.0. The van der Waals surface area contributed by atoms with Crippen LogP contribution >= 0.6 is 0 Å². The molecule has 0 aromatic heterocycles. The fraction of sp³-hybridized carbons (Fsp3) is 0.385.